The van der Waals surface area contributed by atoms with Crippen LogP contribution < -0.4 is 15.9 Å². The molecule has 0 spiro atoms. The number of hydrogen-bond acceptors (Lipinski definition) is 5. The van der Waals surface area contributed by atoms with E-state index >= 15 is 0 Å². The first kappa shape index (κ1) is 14.4. The second-order valence-electron chi connectivity index (χ2n) is 3.48. The van der Waals surface area contributed by atoms with Gasteiger partial charge in [-0.2, -0.15) is 19.1 Å². The van der Waals surface area contributed by atoms with Gasteiger partial charge in [0, 0.05) is 0 Å². The van der Waals surface area contributed by atoms with Crippen LogP contribution in [0.1, 0.15) is 5.56 Å². The summed E-state index contributed by atoms with van der Waals surface area (Å²) in [5.41, 5.74) is 8.05. The molecule has 0 fully saturated rings. The minimum atomic E-state index is -2.98. The molecule has 0 aliphatic heterocycles. The van der Waals surface area contributed by atoms with Crippen LogP contribution in [-0.2, 0) is 0 Å². The molecule has 0 bridgehead atoms. The van der Waals surface area contributed by atoms with E-state index in [1.807, 2.05) is 0 Å². The van der Waals surface area contributed by atoms with Crippen molar-refractivity contribution in [1.82, 2.24) is 0 Å². The van der Waals surface area contributed by atoms with Crippen LogP contribution >= 0.6 is 0 Å². The Balaban J connectivity index is 3.02. The molecule has 0 saturated carbocycles. The fourth-order valence-electron chi connectivity index (χ4n) is 1.19. The summed E-state index contributed by atoms with van der Waals surface area (Å²) in [7, 11) is 0. The largest absolute Gasteiger partial charge is 0.433 e. The molecule has 0 aliphatic rings. The molecule has 0 radical (unpaired) electrons. The molecule has 1 aromatic rings. The number of nitriles is 1. The van der Waals surface area contributed by atoms with Crippen LogP contribution in [0.4, 0.5) is 14.5 Å². The number of ether oxygens (including phenoxy) is 1. The topological polar surface area (TPSA) is 107 Å². The molecular formula is C11H11F2N5O. The lowest BCUT2D eigenvalue weighted by molar-refractivity contribution is -0.0493. The molecule has 0 heterocycles. The monoisotopic (exact) mass is 267 g/mol. The number of halogens is 2. The van der Waals surface area contributed by atoms with Crippen LogP contribution in [0.3, 0.4) is 0 Å². The highest BCUT2D eigenvalue weighted by Gasteiger charge is 2.10. The maximum Gasteiger partial charge on any atom is 0.387 e. The van der Waals surface area contributed by atoms with Gasteiger partial charge in [-0.1, -0.05) is 6.07 Å². The SMILES string of the molecule is Cc1ccc(OC(F)F)c(N/N=C(\C#N)C(=N)N)c1. The molecule has 0 amide bonds. The van der Waals surface area contributed by atoms with Crippen LogP contribution in [0.5, 0.6) is 5.75 Å². The van der Waals surface area contributed by atoms with E-state index in [2.05, 4.69) is 15.3 Å². The molecule has 0 saturated heterocycles. The van der Waals surface area contributed by atoms with E-state index in [1.54, 1.807) is 19.1 Å². The Labute approximate surface area is 108 Å². The summed E-state index contributed by atoms with van der Waals surface area (Å²) < 4.78 is 28.7. The molecule has 8 heteroatoms. The van der Waals surface area contributed by atoms with Crippen LogP contribution in [0.25, 0.3) is 0 Å². The number of amidine groups is 1. The Morgan fingerprint density at radius 3 is 2.79 bits per heavy atom. The fraction of sp³-hybridized carbons (Fsp3) is 0.182. The number of hydrazone groups is 1. The summed E-state index contributed by atoms with van der Waals surface area (Å²) in [6.07, 6.45) is 0. The lowest BCUT2D eigenvalue weighted by Gasteiger charge is -2.10. The van der Waals surface area contributed by atoms with Gasteiger partial charge in [-0.15, -0.1) is 0 Å². The molecule has 0 atom stereocenters. The van der Waals surface area contributed by atoms with Gasteiger partial charge >= 0.3 is 6.61 Å². The number of alkyl halides is 2. The zero-order valence-corrected chi connectivity index (χ0v) is 9.95. The second-order valence-corrected chi connectivity index (χ2v) is 3.48. The molecule has 19 heavy (non-hydrogen) atoms. The van der Waals surface area contributed by atoms with Crippen molar-refractivity contribution in [2.75, 3.05) is 5.43 Å². The van der Waals surface area contributed by atoms with Gasteiger partial charge in [0.05, 0.1) is 5.69 Å². The smallest absolute Gasteiger partial charge is 0.387 e. The second kappa shape index (κ2) is 6.30. The Morgan fingerprint density at radius 1 is 1.58 bits per heavy atom. The standard InChI is InChI=1S/C11H11F2N5O/c1-6-2-3-9(19-11(12)13)7(4-6)17-18-8(5-14)10(15)16/h2-4,11,17H,1H3,(H3,15,16)/b18-8+. The van der Waals surface area contributed by atoms with Gasteiger partial charge < -0.3 is 10.5 Å². The molecular weight excluding hydrogens is 256 g/mol. The summed E-state index contributed by atoms with van der Waals surface area (Å²) >= 11 is 0. The van der Waals surface area contributed by atoms with Gasteiger partial charge in [0.25, 0.3) is 0 Å². The molecule has 4 N–H and O–H groups in total. The van der Waals surface area contributed by atoms with Gasteiger partial charge in [-0.25, -0.2) is 0 Å². The normalized spacial score (nSPS) is 11.0. The van der Waals surface area contributed by atoms with Crippen molar-refractivity contribution >= 4 is 17.2 Å². The third kappa shape index (κ3) is 4.23. The van der Waals surface area contributed by atoms with Crippen molar-refractivity contribution in [2.45, 2.75) is 13.5 Å². The first-order valence-corrected chi connectivity index (χ1v) is 5.07. The summed E-state index contributed by atoms with van der Waals surface area (Å²) in [5, 5.41) is 19.3. The number of nitrogens with one attached hydrogen (secondary N) is 2. The zero-order chi connectivity index (χ0) is 14.4. The first-order chi connectivity index (χ1) is 8.93. The van der Waals surface area contributed by atoms with Crippen LogP contribution in [-0.4, -0.2) is 18.2 Å². The van der Waals surface area contributed by atoms with Crippen molar-refractivity contribution in [3.8, 4) is 11.8 Å². The summed E-state index contributed by atoms with van der Waals surface area (Å²) in [5.74, 6) is -0.649. The Bertz CT molecular complexity index is 551. The lowest BCUT2D eigenvalue weighted by atomic mass is 10.2. The highest BCUT2D eigenvalue weighted by molar-refractivity contribution is 6.45. The Morgan fingerprint density at radius 2 is 2.26 bits per heavy atom. The molecule has 1 rings (SSSR count). The maximum atomic E-state index is 12.2. The summed E-state index contributed by atoms with van der Waals surface area (Å²) in [4.78, 5) is 0. The summed E-state index contributed by atoms with van der Waals surface area (Å²) in [6, 6.07) is 6.04. The fourth-order valence-corrected chi connectivity index (χ4v) is 1.19. The minimum Gasteiger partial charge on any atom is -0.433 e. The van der Waals surface area contributed by atoms with Gasteiger partial charge in [0.1, 0.15) is 6.07 Å². The van der Waals surface area contributed by atoms with E-state index < -0.39 is 12.4 Å². The molecule has 6 nitrogen and oxygen atoms in total. The number of aryl methyl sites for hydroxylation is 1. The van der Waals surface area contributed by atoms with Crippen molar-refractivity contribution in [3.05, 3.63) is 23.8 Å². The van der Waals surface area contributed by atoms with E-state index in [0.29, 0.717) is 0 Å². The summed E-state index contributed by atoms with van der Waals surface area (Å²) in [6.45, 7) is -1.23. The maximum absolute atomic E-state index is 12.2. The predicted molar refractivity (Wildman–Crippen MR) is 66.4 cm³/mol. The Kier molecular flexibility index (Phi) is 4.76. The number of benzene rings is 1. The molecule has 0 aromatic heterocycles. The van der Waals surface area contributed by atoms with Crippen LogP contribution in [0, 0.1) is 23.7 Å². The highest BCUT2D eigenvalue weighted by atomic mass is 19.3. The van der Waals surface area contributed by atoms with E-state index in [1.165, 1.54) is 12.1 Å². The number of anilines is 1. The van der Waals surface area contributed by atoms with Gasteiger partial charge in [0.2, 0.25) is 5.71 Å². The average Bonchev–Trinajstić information content (AvgIpc) is 2.32. The van der Waals surface area contributed by atoms with Crippen molar-refractivity contribution in [1.29, 1.82) is 10.7 Å². The zero-order valence-electron chi connectivity index (χ0n) is 9.95. The van der Waals surface area contributed by atoms with Gasteiger partial charge in [0.15, 0.2) is 11.6 Å². The minimum absolute atomic E-state index is 0.120. The van der Waals surface area contributed by atoms with Crippen LogP contribution in [0.15, 0.2) is 23.3 Å². The predicted octanol–water partition coefficient (Wildman–Crippen LogP) is 1.82. The first-order valence-electron chi connectivity index (χ1n) is 5.07. The van der Waals surface area contributed by atoms with Crippen molar-refractivity contribution in [2.24, 2.45) is 10.8 Å². The Hall–Kier alpha value is -2.69. The van der Waals surface area contributed by atoms with E-state index in [9.17, 15) is 8.78 Å². The highest BCUT2D eigenvalue weighted by Crippen LogP contribution is 2.27. The van der Waals surface area contributed by atoms with E-state index in [-0.39, 0.29) is 17.1 Å². The molecule has 0 unspecified atom stereocenters. The number of rotatable bonds is 5. The molecule has 1 aromatic carbocycles. The van der Waals surface area contributed by atoms with Gasteiger partial charge in [-0.3, -0.25) is 10.8 Å². The van der Waals surface area contributed by atoms with Gasteiger partial charge in [-0.05, 0) is 24.6 Å². The van der Waals surface area contributed by atoms with E-state index in [4.69, 9.17) is 16.4 Å². The molecule has 100 valence electrons. The molecule has 0 aliphatic carbocycles. The van der Waals surface area contributed by atoms with Crippen molar-refractivity contribution in [3.63, 3.8) is 0 Å². The number of nitrogens with two attached hydrogens (primary N) is 1. The third-order valence-electron chi connectivity index (χ3n) is 2.00. The van der Waals surface area contributed by atoms with Crippen LogP contribution in [0.2, 0.25) is 0 Å². The number of nitrogens with zero attached hydrogens (tertiary/aromatic N) is 2. The number of hydrogen-bond donors (Lipinski definition) is 3. The average molecular weight is 267 g/mol. The quantitative estimate of drug-likeness (QED) is 0.429. The lowest BCUT2D eigenvalue weighted by Crippen LogP contribution is -2.22. The third-order valence-corrected chi connectivity index (χ3v) is 2.00. The van der Waals surface area contributed by atoms with E-state index in [0.717, 1.165) is 5.56 Å². The van der Waals surface area contributed by atoms with Crippen molar-refractivity contribution < 1.29 is 13.5 Å².